The normalized spacial score (nSPS) is 14.8. The minimum absolute atomic E-state index is 0.0218. The van der Waals surface area contributed by atoms with Crippen LogP contribution in [0.25, 0.3) is 0 Å². The predicted octanol–water partition coefficient (Wildman–Crippen LogP) is 3.86. The van der Waals surface area contributed by atoms with Gasteiger partial charge in [-0.15, -0.1) is 0 Å². The second-order valence-electron chi connectivity index (χ2n) is 7.10. The van der Waals surface area contributed by atoms with Gasteiger partial charge in [-0.25, -0.2) is 0 Å². The van der Waals surface area contributed by atoms with Crippen LogP contribution in [0.15, 0.2) is 48.5 Å². The summed E-state index contributed by atoms with van der Waals surface area (Å²) >= 11 is 5.98. The molecule has 142 valence electrons. The van der Waals surface area contributed by atoms with Crippen molar-refractivity contribution in [2.75, 3.05) is 19.6 Å². The van der Waals surface area contributed by atoms with Crippen molar-refractivity contribution >= 4 is 23.4 Å². The van der Waals surface area contributed by atoms with Crippen LogP contribution in [0, 0.1) is 12.8 Å². The molecule has 0 aliphatic carbocycles. The van der Waals surface area contributed by atoms with Gasteiger partial charge in [0.15, 0.2) is 0 Å². The molecule has 0 radical (unpaired) electrons. The summed E-state index contributed by atoms with van der Waals surface area (Å²) in [6.07, 6.45) is 2.18. The van der Waals surface area contributed by atoms with Gasteiger partial charge >= 0.3 is 0 Å². The van der Waals surface area contributed by atoms with Gasteiger partial charge in [-0.05, 0) is 56.0 Å². The molecule has 27 heavy (non-hydrogen) atoms. The summed E-state index contributed by atoms with van der Waals surface area (Å²) in [5.41, 5.74) is 2.96. The Balaban J connectivity index is 1.43. The zero-order valence-corrected chi connectivity index (χ0v) is 16.3. The van der Waals surface area contributed by atoms with E-state index in [1.807, 2.05) is 60.4 Å². The highest BCUT2D eigenvalue weighted by Gasteiger charge is 2.27. The summed E-state index contributed by atoms with van der Waals surface area (Å²) in [7, 11) is 0. The van der Waals surface area contributed by atoms with Crippen molar-refractivity contribution < 1.29 is 9.59 Å². The van der Waals surface area contributed by atoms with Gasteiger partial charge in [0.2, 0.25) is 5.91 Å². The van der Waals surface area contributed by atoms with Gasteiger partial charge in [0.1, 0.15) is 0 Å². The largest absolute Gasteiger partial charge is 0.356 e. The van der Waals surface area contributed by atoms with E-state index in [1.165, 1.54) is 0 Å². The molecule has 2 aromatic rings. The summed E-state index contributed by atoms with van der Waals surface area (Å²) < 4.78 is 0. The molecule has 1 fully saturated rings. The molecule has 0 bridgehead atoms. The number of halogens is 1. The Hall–Kier alpha value is -2.33. The fourth-order valence-electron chi connectivity index (χ4n) is 3.39. The maximum atomic E-state index is 12.6. The fourth-order valence-corrected chi connectivity index (χ4v) is 3.60. The molecule has 5 heteroatoms. The van der Waals surface area contributed by atoms with Crippen LogP contribution in [0.3, 0.4) is 0 Å². The topological polar surface area (TPSA) is 49.4 Å². The van der Waals surface area contributed by atoms with E-state index < -0.39 is 0 Å². The minimum atomic E-state index is -0.0218. The first-order chi connectivity index (χ1) is 13.0. The lowest BCUT2D eigenvalue weighted by Gasteiger charge is -2.31. The van der Waals surface area contributed by atoms with Crippen LogP contribution in [0.4, 0.5) is 0 Å². The number of hydrogen-bond donors (Lipinski definition) is 1. The predicted molar refractivity (Wildman–Crippen MR) is 108 cm³/mol. The minimum Gasteiger partial charge on any atom is -0.356 e. The first-order valence-corrected chi connectivity index (χ1v) is 9.79. The summed E-state index contributed by atoms with van der Waals surface area (Å²) in [6, 6.07) is 15.3. The molecular formula is C22H25ClN2O2. The zero-order valence-electron chi connectivity index (χ0n) is 15.6. The third-order valence-corrected chi connectivity index (χ3v) is 5.29. The van der Waals surface area contributed by atoms with E-state index in [4.69, 9.17) is 11.6 Å². The van der Waals surface area contributed by atoms with Crippen molar-refractivity contribution in [1.82, 2.24) is 10.2 Å². The number of likely N-dealkylation sites (tertiary alicyclic amines) is 1. The number of hydrogen-bond acceptors (Lipinski definition) is 2. The van der Waals surface area contributed by atoms with Crippen molar-refractivity contribution in [3.05, 3.63) is 70.2 Å². The highest BCUT2D eigenvalue weighted by atomic mass is 35.5. The lowest BCUT2D eigenvalue weighted by Crippen LogP contribution is -2.43. The van der Waals surface area contributed by atoms with Crippen LogP contribution in [0.2, 0.25) is 5.02 Å². The maximum absolute atomic E-state index is 12.6. The molecule has 4 nitrogen and oxygen atoms in total. The molecule has 2 amide bonds. The molecule has 1 heterocycles. The molecule has 1 N–H and O–H groups in total. The van der Waals surface area contributed by atoms with E-state index >= 15 is 0 Å². The lowest BCUT2D eigenvalue weighted by molar-refractivity contribution is -0.126. The van der Waals surface area contributed by atoms with Gasteiger partial charge in [-0.1, -0.05) is 41.4 Å². The van der Waals surface area contributed by atoms with Crippen LogP contribution in [0.1, 0.15) is 34.3 Å². The van der Waals surface area contributed by atoms with Crippen LogP contribution >= 0.6 is 11.6 Å². The number of carbonyl (C=O) groups is 2. The SMILES string of the molecule is Cc1ccc(C(=O)N2CCC(C(=O)NCCc3cccc(Cl)c3)CC2)cc1. The highest BCUT2D eigenvalue weighted by Crippen LogP contribution is 2.19. The van der Waals surface area contributed by atoms with E-state index in [0.29, 0.717) is 43.1 Å². The van der Waals surface area contributed by atoms with Crippen molar-refractivity contribution in [3.8, 4) is 0 Å². The van der Waals surface area contributed by atoms with Gasteiger partial charge < -0.3 is 10.2 Å². The number of rotatable bonds is 5. The van der Waals surface area contributed by atoms with E-state index in [9.17, 15) is 9.59 Å². The number of aryl methyl sites for hydroxylation is 1. The molecular weight excluding hydrogens is 360 g/mol. The number of nitrogens with zero attached hydrogens (tertiary/aromatic N) is 1. The molecule has 0 atom stereocenters. The first-order valence-electron chi connectivity index (χ1n) is 9.41. The van der Waals surface area contributed by atoms with Crippen molar-refractivity contribution in [1.29, 1.82) is 0 Å². The molecule has 0 unspecified atom stereocenters. The van der Waals surface area contributed by atoms with Crippen LogP contribution in [-0.4, -0.2) is 36.3 Å². The van der Waals surface area contributed by atoms with E-state index in [1.54, 1.807) is 0 Å². The summed E-state index contributed by atoms with van der Waals surface area (Å²) in [5.74, 6) is 0.112. The maximum Gasteiger partial charge on any atom is 0.253 e. The molecule has 1 aliphatic heterocycles. The van der Waals surface area contributed by atoms with Gasteiger partial charge in [-0.2, -0.15) is 0 Å². The molecule has 0 aromatic heterocycles. The average molecular weight is 385 g/mol. The lowest BCUT2D eigenvalue weighted by atomic mass is 9.95. The molecule has 1 aliphatic rings. The molecule has 2 aromatic carbocycles. The smallest absolute Gasteiger partial charge is 0.253 e. The molecule has 1 saturated heterocycles. The summed E-state index contributed by atoms with van der Waals surface area (Å²) in [4.78, 5) is 26.8. The second-order valence-corrected chi connectivity index (χ2v) is 7.54. The second kappa shape index (κ2) is 9.05. The van der Waals surface area contributed by atoms with Crippen LogP contribution in [0.5, 0.6) is 0 Å². The van der Waals surface area contributed by atoms with E-state index in [0.717, 1.165) is 17.5 Å². The Kier molecular flexibility index (Phi) is 6.51. The Morgan fingerprint density at radius 2 is 1.81 bits per heavy atom. The third-order valence-electron chi connectivity index (χ3n) is 5.05. The van der Waals surface area contributed by atoms with Gasteiger partial charge in [0.05, 0.1) is 0 Å². The van der Waals surface area contributed by atoms with Gasteiger partial charge in [-0.3, -0.25) is 9.59 Å². The van der Waals surface area contributed by atoms with E-state index in [2.05, 4.69) is 5.32 Å². The Morgan fingerprint density at radius 3 is 2.48 bits per heavy atom. The standard InChI is InChI=1S/C22H25ClN2O2/c1-16-5-7-19(8-6-16)22(27)25-13-10-18(11-14-25)21(26)24-12-9-17-3-2-4-20(23)15-17/h2-8,15,18H,9-14H2,1H3,(H,24,26). The van der Waals surface area contributed by atoms with Crippen molar-refractivity contribution in [3.63, 3.8) is 0 Å². The Labute approximate surface area is 165 Å². The number of nitrogens with one attached hydrogen (secondary N) is 1. The van der Waals surface area contributed by atoms with Crippen molar-refractivity contribution in [2.24, 2.45) is 5.92 Å². The highest BCUT2D eigenvalue weighted by molar-refractivity contribution is 6.30. The molecule has 0 spiro atoms. The van der Waals surface area contributed by atoms with Gasteiger partial charge in [0.25, 0.3) is 5.91 Å². The fraction of sp³-hybridized carbons (Fsp3) is 0.364. The monoisotopic (exact) mass is 384 g/mol. The molecule has 3 rings (SSSR count). The van der Waals surface area contributed by atoms with Gasteiger partial charge in [0, 0.05) is 36.1 Å². The molecule has 0 saturated carbocycles. The zero-order chi connectivity index (χ0) is 19.2. The van der Waals surface area contributed by atoms with Crippen LogP contribution in [-0.2, 0) is 11.2 Å². The third kappa shape index (κ3) is 5.33. The average Bonchev–Trinajstić information content (AvgIpc) is 2.68. The first kappa shape index (κ1) is 19.4. The summed E-state index contributed by atoms with van der Waals surface area (Å²) in [6.45, 7) is 3.85. The van der Waals surface area contributed by atoms with E-state index in [-0.39, 0.29) is 17.7 Å². The number of benzene rings is 2. The quantitative estimate of drug-likeness (QED) is 0.850. The number of carbonyl (C=O) groups excluding carboxylic acids is 2. The number of amides is 2. The van der Waals surface area contributed by atoms with Crippen LogP contribution < -0.4 is 5.32 Å². The Morgan fingerprint density at radius 1 is 1.11 bits per heavy atom. The Bertz CT molecular complexity index is 796. The number of piperidine rings is 1. The summed E-state index contributed by atoms with van der Waals surface area (Å²) in [5, 5.41) is 3.73. The van der Waals surface area contributed by atoms with Crippen molar-refractivity contribution in [2.45, 2.75) is 26.2 Å².